The summed E-state index contributed by atoms with van der Waals surface area (Å²) in [7, 11) is 1.50. The van der Waals surface area contributed by atoms with Crippen LogP contribution in [0.5, 0.6) is 0 Å². The Hall–Kier alpha value is -2.78. The Morgan fingerprint density at radius 2 is 1.31 bits per heavy atom. The van der Waals surface area contributed by atoms with Gasteiger partial charge < -0.3 is 16.8 Å². The van der Waals surface area contributed by atoms with Crippen LogP contribution < -0.4 is 16.8 Å². The van der Waals surface area contributed by atoms with Crippen molar-refractivity contribution in [2.75, 3.05) is 7.05 Å². The first-order chi connectivity index (χ1) is 14.2. The lowest BCUT2D eigenvalue weighted by atomic mass is 10.1. The fourth-order valence-electron chi connectivity index (χ4n) is 1.84. The van der Waals surface area contributed by atoms with Gasteiger partial charge in [-0.3, -0.25) is 0 Å². The summed E-state index contributed by atoms with van der Waals surface area (Å²) in [5.41, 5.74) is 12.7. The van der Waals surface area contributed by atoms with Crippen molar-refractivity contribution >= 4 is 5.57 Å². The summed E-state index contributed by atoms with van der Waals surface area (Å²) in [6, 6.07) is 22.4. The van der Waals surface area contributed by atoms with E-state index >= 15 is 0 Å². The monoisotopic (exact) mass is 397 g/mol. The molecule has 2 aromatic carbocycles. The summed E-state index contributed by atoms with van der Waals surface area (Å²) >= 11 is 0. The van der Waals surface area contributed by atoms with E-state index in [-0.39, 0.29) is 0 Å². The Bertz CT molecular complexity index is 563. The second-order valence-electron chi connectivity index (χ2n) is 5.44. The second-order valence-corrected chi connectivity index (χ2v) is 5.44. The smallest absolute Gasteiger partial charge is 0.00735 e. The van der Waals surface area contributed by atoms with Gasteiger partial charge in [-0.25, -0.2) is 0 Å². The number of benzene rings is 2. The summed E-state index contributed by atoms with van der Waals surface area (Å²) < 4.78 is 0. The van der Waals surface area contributed by atoms with Crippen LogP contribution in [0.3, 0.4) is 0 Å². The highest BCUT2D eigenvalue weighted by Crippen LogP contribution is 2.12. The number of nitrogens with two attached hydrogens (primary N) is 2. The molecule has 0 radical (unpaired) electrons. The van der Waals surface area contributed by atoms with E-state index in [4.69, 9.17) is 0 Å². The number of unbranched alkanes of at least 4 members (excludes halogenated alkanes) is 1. The number of nitrogens with one attached hydrogen (secondary N) is 1. The SMILES string of the molecule is C=C(CCCC)N/C=C(/C)c1ccccc1.C=CN.CC.CN.c1ccccc1. The fraction of sp³-hybridized carbons (Fsp3) is 0.308. The van der Waals surface area contributed by atoms with Crippen molar-refractivity contribution in [2.45, 2.75) is 47.0 Å². The number of hydrogen-bond acceptors (Lipinski definition) is 3. The zero-order valence-corrected chi connectivity index (χ0v) is 19.2. The molecule has 0 aliphatic carbocycles. The summed E-state index contributed by atoms with van der Waals surface area (Å²) in [4.78, 5) is 0. The molecular weight excluding hydrogens is 354 g/mol. The predicted molar refractivity (Wildman–Crippen MR) is 134 cm³/mol. The normalized spacial score (nSPS) is 8.69. The zero-order valence-electron chi connectivity index (χ0n) is 19.2. The van der Waals surface area contributed by atoms with Crippen LogP contribution >= 0.6 is 0 Å². The lowest BCUT2D eigenvalue weighted by Gasteiger charge is -2.06. The van der Waals surface area contributed by atoms with Gasteiger partial charge >= 0.3 is 0 Å². The first kappa shape index (κ1) is 30.9. The van der Waals surface area contributed by atoms with Crippen LogP contribution in [-0.4, -0.2) is 7.05 Å². The molecule has 0 saturated heterocycles. The molecule has 0 amide bonds. The minimum atomic E-state index is 1.05. The van der Waals surface area contributed by atoms with Gasteiger partial charge in [-0.2, -0.15) is 0 Å². The summed E-state index contributed by atoms with van der Waals surface area (Å²) in [6.45, 7) is 15.4. The van der Waals surface area contributed by atoms with Crippen molar-refractivity contribution in [2.24, 2.45) is 11.5 Å². The number of rotatable bonds is 6. The van der Waals surface area contributed by atoms with Crippen molar-refractivity contribution in [3.05, 3.63) is 104 Å². The van der Waals surface area contributed by atoms with Crippen LogP contribution in [0, 0.1) is 0 Å². The Morgan fingerprint density at radius 3 is 1.69 bits per heavy atom. The molecular formula is C26H43N3. The lowest BCUT2D eigenvalue weighted by Crippen LogP contribution is -2.04. The average molecular weight is 398 g/mol. The quantitative estimate of drug-likeness (QED) is 0.507. The van der Waals surface area contributed by atoms with E-state index in [0.29, 0.717) is 0 Å². The van der Waals surface area contributed by atoms with Crippen LogP contribution in [0.1, 0.15) is 52.5 Å². The maximum Gasteiger partial charge on any atom is 0.00735 e. The third-order valence-electron chi connectivity index (χ3n) is 3.22. The highest BCUT2D eigenvalue weighted by atomic mass is 14.8. The van der Waals surface area contributed by atoms with Crippen LogP contribution in [-0.2, 0) is 0 Å². The van der Waals surface area contributed by atoms with Crippen molar-refractivity contribution < 1.29 is 0 Å². The molecule has 0 spiro atoms. The van der Waals surface area contributed by atoms with Gasteiger partial charge in [0, 0.05) is 11.9 Å². The fourth-order valence-corrected chi connectivity index (χ4v) is 1.84. The molecule has 0 bridgehead atoms. The topological polar surface area (TPSA) is 64.1 Å². The highest BCUT2D eigenvalue weighted by molar-refractivity contribution is 5.63. The molecule has 2 rings (SSSR count). The molecule has 2 aromatic rings. The first-order valence-corrected chi connectivity index (χ1v) is 10.2. The molecule has 5 N–H and O–H groups in total. The lowest BCUT2D eigenvalue weighted by molar-refractivity contribution is 0.758. The Labute approximate surface area is 180 Å². The van der Waals surface area contributed by atoms with Crippen molar-refractivity contribution in [3.8, 4) is 0 Å². The minimum absolute atomic E-state index is 1.05. The molecule has 0 saturated carbocycles. The average Bonchev–Trinajstić information content (AvgIpc) is 2.81. The second kappa shape index (κ2) is 27.4. The van der Waals surface area contributed by atoms with Crippen molar-refractivity contribution in [1.82, 2.24) is 5.32 Å². The van der Waals surface area contributed by atoms with Crippen molar-refractivity contribution in [3.63, 3.8) is 0 Å². The Kier molecular flexibility index (Phi) is 29.3. The first-order valence-electron chi connectivity index (χ1n) is 10.2. The highest BCUT2D eigenvalue weighted by Gasteiger charge is 1.94. The van der Waals surface area contributed by atoms with Crippen LogP contribution in [0.25, 0.3) is 5.57 Å². The summed E-state index contributed by atoms with van der Waals surface area (Å²) in [5.74, 6) is 0. The summed E-state index contributed by atoms with van der Waals surface area (Å²) in [6.07, 6.45) is 6.74. The molecule has 3 nitrogen and oxygen atoms in total. The molecule has 0 fully saturated rings. The van der Waals surface area contributed by atoms with E-state index in [1.165, 1.54) is 37.2 Å². The third kappa shape index (κ3) is 23.2. The van der Waals surface area contributed by atoms with Gasteiger partial charge in [0.25, 0.3) is 0 Å². The molecule has 0 heterocycles. The van der Waals surface area contributed by atoms with Crippen LogP contribution in [0.4, 0.5) is 0 Å². The van der Waals surface area contributed by atoms with Crippen LogP contribution in [0.2, 0.25) is 0 Å². The van der Waals surface area contributed by atoms with E-state index < -0.39 is 0 Å². The zero-order chi connectivity index (χ0) is 22.8. The van der Waals surface area contributed by atoms with Gasteiger partial charge in [-0.15, -0.1) is 0 Å². The van der Waals surface area contributed by atoms with E-state index in [1.54, 1.807) is 0 Å². The minimum Gasteiger partial charge on any atom is -0.405 e. The van der Waals surface area contributed by atoms with E-state index in [1.807, 2.05) is 62.5 Å². The molecule has 162 valence electrons. The molecule has 0 atom stereocenters. The van der Waals surface area contributed by atoms with Gasteiger partial charge in [0.2, 0.25) is 0 Å². The standard InChI is InChI=1S/C15H21N.C6H6.C2H5N.C2H6.CH5N/c1-4-5-9-14(3)16-12-13(2)15-10-7-6-8-11-15;1-2-4-6-5-3-1;1-2-3;2*1-2/h6-8,10-12,16H,3-5,9H2,1-2H3;1-6H;2H,1,3H2;1-2H3;2H2,1H3/b13-12-;;;;. The maximum absolute atomic E-state index is 4.61. The molecule has 29 heavy (non-hydrogen) atoms. The van der Waals surface area contributed by atoms with Gasteiger partial charge in [0.05, 0.1) is 0 Å². The molecule has 0 aromatic heterocycles. The molecule has 0 aliphatic heterocycles. The van der Waals surface area contributed by atoms with E-state index in [0.717, 1.165) is 12.1 Å². The maximum atomic E-state index is 4.61. The summed E-state index contributed by atoms with van der Waals surface area (Å²) in [5, 5.41) is 3.26. The molecule has 0 aliphatic rings. The van der Waals surface area contributed by atoms with Gasteiger partial charge in [0.1, 0.15) is 0 Å². The Morgan fingerprint density at radius 1 is 0.931 bits per heavy atom. The van der Waals surface area contributed by atoms with E-state index in [2.05, 4.69) is 68.1 Å². The predicted octanol–water partition coefficient (Wildman–Crippen LogP) is 6.72. The largest absolute Gasteiger partial charge is 0.405 e. The Balaban J connectivity index is -0.000000427. The number of hydrogen-bond donors (Lipinski definition) is 3. The van der Waals surface area contributed by atoms with Crippen LogP contribution in [0.15, 0.2) is 98.0 Å². The van der Waals surface area contributed by atoms with E-state index in [9.17, 15) is 0 Å². The van der Waals surface area contributed by atoms with Gasteiger partial charge in [0.15, 0.2) is 0 Å². The van der Waals surface area contributed by atoms with Gasteiger partial charge in [-0.05, 0) is 44.1 Å². The molecule has 0 unspecified atom stereocenters. The molecule has 3 heteroatoms. The van der Waals surface area contributed by atoms with Gasteiger partial charge in [-0.1, -0.05) is 107 Å². The van der Waals surface area contributed by atoms with Crippen molar-refractivity contribution in [1.29, 1.82) is 0 Å². The number of allylic oxidation sites excluding steroid dienone is 2. The third-order valence-corrected chi connectivity index (χ3v) is 3.22.